The monoisotopic (exact) mass is 448 g/mol. The number of halogens is 3. The van der Waals surface area contributed by atoms with Crippen LogP contribution in [0.1, 0.15) is 0 Å². The number of benzene rings is 2. The second kappa shape index (κ2) is 7.03. The number of carbonyl (C=O) groups excluding carboxylic acids is 1. The highest BCUT2D eigenvalue weighted by molar-refractivity contribution is 14.1. The summed E-state index contributed by atoms with van der Waals surface area (Å²) in [7, 11) is 0. The fourth-order valence-electron chi connectivity index (χ4n) is 1.57. The van der Waals surface area contributed by atoms with Crippen molar-refractivity contribution in [2.24, 2.45) is 0 Å². The molecule has 0 saturated heterocycles. The van der Waals surface area contributed by atoms with Crippen LogP contribution in [0.3, 0.4) is 0 Å². The van der Waals surface area contributed by atoms with Crippen LogP contribution >= 0.6 is 38.5 Å². The smallest absolute Gasteiger partial charge is 0.243 e. The molecule has 104 valence electrons. The number of nitrogens with one attached hydrogen (secondary N) is 2. The lowest BCUT2D eigenvalue weighted by molar-refractivity contribution is -0.114. The minimum atomic E-state index is -0.401. The first kappa shape index (κ1) is 15.2. The van der Waals surface area contributed by atoms with Gasteiger partial charge >= 0.3 is 0 Å². The predicted octanol–water partition coefficient (Wildman–Crippen LogP) is 4.24. The number of rotatable bonds is 4. The third kappa shape index (κ3) is 4.17. The van der Waals surface area contributed by atoms with E-state index in [2.05, 4.69) is 49.2 Å². The third-order valence-electron chi connectivity index (χ3n) is 2.52. The molecule has 2 rings (SSSR count). The van der Waals surface area contributed by atoms with Gasteiger partial charge in [-0.05, 0) is 52.9 Å². The van der Waals surface area contributed by atoms with E-state index in [1.54, 1.807) is 12.1 Å². The van der Waals surface area contributed by atoms with Crippen LogP contribution in [0.4, 0.5) is 15.8 Å². The molecule has 0 aromatic heterocycles. The van der Waals surface area contributed by atoms with Gasteiger partial charge in [-0.15, -0.1) is 0 Å². The number of hydrogen-bond donors (Lipinski definition) is 2. The number of hydrogen-bond acceptors (Lipinski definition) is 2. The van der Waals surface area contributed by atoms with Crippen molar-refractivity contribution in [3.8, 4) is 0 Å². The summed E-state index contributed by atoms with van der Waals surface area (Å²) in [5, 5.41) is 5.54. The molecule has 0 saturated carbocycles. The minimum absolute atomic E-state index is 0.00350. The van der Waals surface area contributed by atoms with Crippen LogP contribution in [0.2, 0.25) is 0 Å². The molecule has 0 fully saturated rings. The first-order chi connectivity index (χ1) is 9.56. The maximum Gasteiger partial charge on any atom is 0.243 e. The summed E-state index contributed by atoms with van der Waals surface area (Å²) in [6.07, 6.45) is 0. The topological polar surface area (TPSA) is 41.1 Å². The molecule has 0 unspecified atom stereocenters. The lowest BCUT2D eigenvalue weighted by Gasteiger charge is -2.09. The fourth-order valence-corrected chi connectivity index (χ4v) is 2.42. The molecule has 20 heavy (non-hydrogen) atoms. The Labute approximate surface area is 138 Å². The predicted molar refractivity (Wildman–Crippen MR) is 90.4 cm³/mol. The summed E-state index contributed by atoms with van der Waals surface area (Å²) in [5.74, 6) is -0.627. The van der Waals surface area contributed by atoms with Gasteiger partial charge < -0.3 is 10.6 Å². The van der Waals surface area contributed by atoms with Gasteiger partial charge in [0.15, 0.2) is 0 Å². The van der Waals surface area contributed by atoms with E-state index in [4.69, 9.17) is 0 Å². The molecule has 1 amide bonds. The molecule has 0 bridgehead atoms. The van der Waals surface area contributed by atoms with E-state index in [-0.39, 0.29) is 12.5 Å². The van der Waals surface area contributed by atoms with Crippen molar-refractivity contribution in [2.75, 3.05) is 17.2 Å². The van der Waals surface area contributed by atoms with E-state index in [9.17, 15) is 9.18 Å². The number of anilines is 2. The summed E-state index contributed by atoms with van der Waals surface area (Å²) >= 11 is 5.32. The molecule has 0 spiro atoms. The number of amides is 1. The Balaban J connectivity index is 1.94. The Kier molecular flexibility index (Phi) is 5.36. The number of para-hydroxylation sites is 1. The maximum atomic E-state index is 13.6. The Morgan fingerprint density at radius 3 is 2.65 bits per heavy atom. The zero-order valence-corrected chi connectivity index (χ0v) is 14.0. The van der Waals surface area contributed by atoms with E-state index in [0.717, 1.165) is 9.26 Å². The third-order valence-corrected chi connectivity index (χ3v) is 3.95. The second-order valence-corrected chi connectivity index (χ2v) is 6.08. The molecular weight excluding hydrogens is 438 g/mol. The van der Waals surface area contributed by atoms with E-state index in [0.29, 0.717) is 10.2 Å². The van der Waals surface area contributed by atoms with Gasteiger partial charge in [0.05, 0.1) is 17.9 Å². The highest BCUT2D eigenvalue weighted by Crippen LogP contribution is 2.19. The average Bonchev–Trinajstić information content (AvgIpc) is 2.40. The average molecular weight is 449 g/mol. The van der Waals surface area contributed by atoms with Crippen LogP contribution in [-0.2, 0) is 4.79 Å². The molecule has 2 aromatic rings. The van der Waals surface area contributed by atoms with Crippen molar-refractivity contribution in [1.82, 2.24) is 0 Å². The summed E-state index contributed by atoms with van der Waals surface area (Å²) in [6, 6.07) is 12.1. The van der Waals surface area contributed by atoms with Crippen molar-refractivity contribution in [3.05, 3.63) is 56.3 Å². The van der Waals surface area contributed by atoms with Gasteiger partial charge in [0, 0.05) is 8.04 Å². The van der Waals surface area contributed by atoms with Crippen LogP contribution in [0.15, 0.2) is 46.9 Å². The summed E-state index contributed by atoms with van der Waals surface area (Å²) in [6.45, 7) is 0.00350. The largest absolute Gasteiger partial charge is 0.374 e. The van der Waals surface area contributed by atoms with Gasteiger partial charge in [-0.2, -0.15) is 0 Å². The van der Waals surface area contributed by atoms with Crippen molar-refractivity contribution in [3.63, 3.8) is 0 Å². The van der Waals surface area contributed by atoms with Gasteiger partial charge in [-0.1, -0.05) is 28.1 Å². The van der Waals surface area contributed by atoms with Crippen molar-refractivity contribution in [2.45, 2.75) is 0 Å². The summed E-state index contributed by atoms with van der Waals surface area (Å²) in [4.78, 5) is 11.8. The van der Waals surface area contributed by atoms with Crippen LogP contribution in [0, 0.1) is 9.39 Å². The van der Waals surface area contributed by atoms with Crippen molar-refractivity contribution in [1.29, 1.82) is 0 Å². The van der Waals surface area contributed by atoms with Gasteiger partial charge in [-0.25, -0.2) is 4.39 Å². The van der Waals surface area contributed by atoms with Crippen LogP contribution in [0.5, 0.6) is 0 Å². The zero-order chi connectivity index (χ0) is 14.5. The highest BCUT2D eigenvalue weighted by atomic mass is 127. The van der Waals surface area contributed by atoms with E-state index >= 15 is 0 Å². The van der Waals surface area contributed by atoms with E-state index in [1.807, 2.05) is 24.3 Å². The molecule has 6 heteroatoms. The molecule has 0 aliphatic heterocycles. The SMILES string of the molecule is O=C(CNc1ccc(Br)cc1F)Nc1ccccc1I. The quantitative estimate of drug-likeness (QED) is 0.687. The highest BCUT2D eigenvalue weighted by Gasteiger charge is 2.07. The Morgan fingerprint density at radius 1 is 1.20 bits per heavy atom. The molecule has 0 radical (unpaired) electrons. The molecule has 0 heterocycles. The summed E-state index contributed by atoms with van der Waals surface area (Å²) < 4.78 is 15.2. The maximum absolute atomic E-state index is 13.6. The Hall–Kier alpha value is -1.15. The lowest BCUT2D eigenvalue weighted by Crippen LogP contribution is -2.22. The van der Waals surface area contributed by atoms with Crippen LogP contribution in [0.25, 0.3) is 0 Å². The fraction of sp³-hybridized carbons (Fsp3) is 0.0714. The zero-order valence-electron chi connectivity index (χ0n) is 10.3. The minimum Gasteiger partial charge on any atom is -0.374 e. The molecular formula is C14H11BrFIN2O. The van der Waals surface area contributed by atoms with Crippen molar-refractivity contribution >= 4 is 55.8 Å². The van der Waals surface area contributed by atoms with Crippen LogP contribution < -0.4 is 10.6 Å². The molecule has 2 aromatic carbocycles. The van der Waals surface area contributed by atoms with E-state index in [1.165, 1.54) is 6.07 Å². The standard InChI is InChI=1S/C14H11BrFIN2O/c15-9-5-6-12(10(16)7-9)18-8-14(20)19-13-4-2-1-3-11(13)17/h1-7,18H,8H2,(H,19,20). The summed E-state index contributed by atoms with van der Waals surface area (Å²) in [5.41, 5.74) is 1.04. The van der Waals surface area contributed by atoms with Gasteiger partial charge in [0.1, 0.15) is 5.82 Å². The lowest BCUT2D eigenvalue weighted by atomic mass is 10.3. The van der Waals surface area contributed by atoms with Crippen molar-refractivity contribution < 1.29 is 9.18 Å². The molecule has 0 atom stereocenters. The normalized spacial score (nSPS) is 10.2. The first-order valence-electron chi connectivity index (χ1n) is 5.79. The second-order valence-electron chi connectivity index (χ2n) is 4.01. The molecule has 0 aliphatic carbocycles. The van der Waals surface area contributed by atoms with E-state index < -0.39 is 5.82 Å². The number of carbonyl (C=O) groups is 1. The first-order valence-corrected chi connectivity index (χ1v) is 7.67. The van der Waals surface area contributed by atoms with Gasteiger partial charge in [0.25, 0.3) is 0 Å². The van der Waals surface area contributed by atoms with Crippen LogP contribution in [-0.4, -0.2) is 12.5 Å². The molecule has 0 aliphatic rings. The Morgan fingerprint density at radius 2 is 1.95 bits per heavy atom. The van der Waals surface area contributed by atoms with Gasteiger partial charge in [-0.3, -0.25) is 4.79 Å². The molecule has 3 nitrogen and oxygen atoms in total. The molecule has 2 N–H and O–H groups in total. The Bertz CT molecular complexity index is 636. The van der Waals surface area contributed by atoms with Gasteiger partial charge in [0.2, 0.25) is 5.91 Å².